The molecule has 0 spiro atoms. The zero-order chi connectivity index (χ0) is 20.8. The van der Waals surface area contributed by atoms with Gasteiger partial charge in [-0.2, -0.15) is 0 Å². The Morgan fingerprint density at radius 2 is 1.97 bits per heavy atom. The number of carbonyl (C=O) groups excluding carboxylic acids is 1. The van der Waals surface area contributed by atoms with Crippen molar-refractivity contribution >= 4 is 11.6 Å². The first-order chi connectivity index (χ1) is 14.0. The number of pyridine rings is 1. The quantitative estimate of drug-likeness (QED) is 0.763. The van der Waals surface area contributed by atoms with Crippen molar-refractivity contribution in [2.45, 2.75) is 13.5 Å². The van der Waals surface area contributed by atoms with Crippen LogP contribution < -0.4 is 10.6 Å². The lowest BCUT2D eigenvalue weighted by molar-refractivity contribution is -0.126. The molecule has 0 unspecified atom stereocenters. The Hall–Kier alpha value is -2.70. The van der Waals surface area contributed by atoms with Crippen molar-refractivity contribution in [1.82, 2.24) is 14.8 Å². The summed E-state index contributed by atoms with van der Waals surface area (Å²) in [5.41, 5.74) is 11.6. The van der Waals surface area contributed by atoms with Crippen LogP contribution in [0.15, 0.2) is 48.8 Å². The third-order valence-corrected chi connectivity index (χ3v) is 5.34. The molecular weight excluding hydrogens is 362 g/mol. The van der Waals surface area contributed by atoms with Crippen molar-refractivity contribution in [2.24, 2.45) is 5.73 Å². The van der Waals surface area contributed by atoms with Gasteiger partial charge in [-0.05, 0) is 43.8 Å². The van der Waals surface area contributed by atoms with Crippen LogP contribution in [0.3, 0.4) is 0 Å². The summed E-state index contributed by atoms with van der Waals surface area (Å²) in [6.07, 6.45) is 7.37. The topological polar surface area (TPSA) is 65.7 Å². The Balaban J connectivity index is 1.71. The van der Waals surface area contributed by atoms with Crippen molar-refractivity contribution in [1.29, 1.82) is 0 Å². The van der Waals surface area contributed by atoms with E-state index in [-0.39, 0.29) is 5.91 Å². The van der Waals surface area contributed by atoms with Crippen LogP contribution in [0.25, 0.3) is 11.1 Å². The minimum Gasteiger partial charge on any atom is -0.366 e. The van der Waals surface area contributed by atoms with Crippen LogP contribution in [-0.2, 0) is 11.3 Å². The molecule has 3 rings (SSSR count). The van der Waals surface area contributed by atoms with E-state index in [4.69, 9.17) is 5.73 Å². The summed E-state index contributed by atoms with van der Waals surface area (Å²) in [6.45, 7) is 6.44. The second-order valence-corrected chi connectivity index (χ2v) is 7.72. The monoisotopic (exact) mass is 393 g/mol. The van der Waals surface area contributed by atoms with E-state index in [1.165, 1.54) is 16.7 Å². The Morgan fingerprint density at radius 1 is 1.21 bits per heavy atom. The lowest BCUT2D eigenvalue weighted by atomic mass is 9.99. The summed E-state index contributed by atoms with van der Waals surface area (Å²) in [4.78, 5) is 23.0. The smallest absolute Gasteiger partial charge is 0.246 e. The van der Waals surface area contributed by atoms with Crippen molar-refractivity contribution in [3.8, 4) is 11.1 Å². The van der Waals surface area contributed by atoms with Gasteiger partial charge in [0.05, 0.1) is 11.9 Å². The number of amides is 1. The van der Waals surface area contributed by atoms with Crippen molar-refractivity contribution in [2.75, 3.05) is 51.7 Å². The van der Waals surface area contributed by atoms with Crippen LogP contribution in [-0.4, -0.2) is 67.5 Å². The molecule has 1 aromatic heterocycles. The highest BCUT2D eigenvalue weighted by molar-refractivity contribution is 5.88. The number of anilines is 1. The number of benzene rings is 1. The van der Waals surface area contributed by atoms with E-state index in [1.807, 2.05) is 42.4 Å². The van der Waals surface area contributed by atoms with Gasteiger partial charge in [0.15, 0.2) is 0 Å². The molecule has 1 saturated heterocycles. The SMILES string of the molecule is Cc1cc(-c2ccncc2N2CCN(C(=O)/C=C/CN(C)C)CC2)ccc1CN. The normalized spacial score (nSPS) is 14.8. The molecule has 2 heterocycles. The molecule has 0 radical (unpaired) electrons. The fourth-order valence-corrected chi connectivity index (χ4v) is 3.61. The van der Waals surface area contributed by atoms with Crippen LogP contribution in [0.5, 0.6) is 0 Å². The number of hydrogen-bond donors (Lipinski definition) is 1. The van der Waals surface area contributed by atoms with Crippen LogP contribution in [0.4, 0.5) is 5.69 Å². The molecule has 1 fully saturated rings. The molecule has 0 atom stereocenters. The first-order valence-corrected chi connectivity index (χ1v) is 10.1. The lowest BCUT2D eigenvalue weighted by Crippen LogP contribution is -2.48. The number of hydrogen-bond acceptors (Lipinski definition) is 5. The largest absolute Gasteiger partial charge is 0.366 e. The highest BCUT2D eigenvalue weighted by atomic mass is 16.2. The molecule has 29 heavy (non-hydrogen) atoms. The maximum absolute atomic E-state index is 12.4. The van der Waals surface area contributed by atoms with Gasteiger partial charge >= 0.3 is 0 Å². The molecule has 6 heteroatoms. The van der Waals surface area contributed by atoms with Gasteiger partial charge in [-0.3, -0.25) is 9.78 Å². The van der Waals surface area contributed by atoms with E-state index in [0.29, 0.717) is 19.6 Å². The average Bonchev–Trinajstić information content (AvgIpc) is 2.73. The number of rotatable bonds is 6. The maximum atomic E-state index is 12.4. The van der Waals surface area contributed by atoms with Crippen LogP contribution in [0, 0.1) is 6.92 Å². The predicted molar refractivity (Wildman–Crippen MR) is 119 cm³/mol. The Bertz CT molecular complexity index is 869. The van der Waals surface area contributed by atoms with Crippen molar-refractivity contribution < 1.29 is 4.79 Å². The van der Waals surface area contributed by atoms with Crippen molar-refractivity contribution in [3.63, 3.8) is 0 Å². The minimum atomic E-state index is 0.0888. The first-order valence-electron chi connectivity index (χ1n) is 10.1. The molecule has 1 amide bonds. The second kappa shape index (κ2) is 9.67. The van der Waals surface area contributed by atoms with E-state index in [2.05, 4.69) is 41.1 Å². The molecule has 1 aromatic carbocycles. The van der Waals surface area contributed by atoms with E-state index in [1.54, 1.807) is 6.08 Å². The summed E-state index contributed by atoms with van der Waals surface area (Å²) in [5, 5.41) is 0. The Morgan fingerprint density at radius 3 is 2.62 bits per heavy atom. The standard InChI is InChI=1S/C23H31N5O/c1-18-15-19(6-7-20(18)16-24)21-8-9-25-17-22(21)27-11-13-28(14-12-27)23(29)5-4-10-26(2)3/h4-9,15,17H,10-14,16,24H2,1-3H3/b5-4+. The summed E-state index contributed by atoms with van der Waals surface area (Å²) in [7, 11) is 3.98. The first kappa shape index (κ1) is 21.0. The molecule has 1 aliphatic rings. The molecule has 0 bridgehead atoms. The number of nitrogens with zero attached hydrogens (tertiary/aromatic N) is 4. The van der Waals surface area contributed by atoms with E-state index in [0.717, 1.165) is 30.9 Å². The Labute approximate surface area is 173 Å². The summed E-state index contributed by atoms with van der Waals surface area (Å²) < 4.78 is 0. The third kappa shape index (κ3) is 5.22. The van der Waals surface area contributed by atoms with Gasteiger partial charge in [-0.25, -0.2) is 0 Å². The highest BCUT2D eigenvalue weighted by Crippen LogP contribution is 2.31. The van der Waals surface area contributed by atoms with Gasteiger partial charge in [0.1, 0.15) is 0 Å². The molecular formula is C23H31N5O. The highest BCUT2D eigenvalue weighted by Gasteiger charge is 2.22. The lowest BCUT2D eigenvalue weighted by Gasteiger charge is -2.36. The summed E-state index contributed by atoms with van der Waals surface area (Å²) in [5.74, 6) is 0.0888. The summed E-state index contributed by atoms with van der Waals surface area (Å²) >= 11 is 0. The molecule has 6 nitrogen and oxygen atoms in total. The van der Waals surface area contributed by atoms with Gasteiger partial charge in [-0.15, -0.1) is 0 Å². The predicted octanol–water partition coefficient (Wildman–Crippen LogP) is 2.28. The fourth-order valence-electron chi connectivity index (χ4n) is 3.61. The van der Waals surface area contributed by atoms with Gasteiger partial charge in [0.25, 0.3) is 0 Å². The van der Waals surface area contributed by atoms with Crippen molar-refractivity contribution in [3.05, 3.63) is 59.9 Å². The number of aromatic nitrogens is 1. The van der Waals surface area contributed by atoms with E-state index >= 15 is 0 Å². The van der Waals surface area contributed by atoms with E-state index in [9.17, 15) is 4.79 Å². The number of aryl methyl sites for hydroxylation is 1. The Kier molecular flexibility index (Phi) is 7.01. The summed E-state index contributed by atoms with van der Waals surface area (Å²) in [6, 6.07) is 8.49. The second-order valence-electron chi connectivity index (χ2n) is 7.72. The molecule has 1 aliphatic heterocycles. The fraction of sp³-hybridized carbons (Fsp3) is 0.391. The number of nitrogens with two attached hydrogens (primary N) is 1. The van der Waals surface area contributed by atoms with Gasteiger partial charge < -0.3 is 20.4 Å². The molecule has 2 N–H and O–H groups in total. The van der Waals surface area contributed by atoms with Crippen LogP contribution in [0.2, 0.25) is 0 Å². The minimum absolute atomic E-state index is 0.0888. The van der Waals surface area contributed by atoms with E-state index < -0.39 is 0 Å². The van der Waals surface area contributed by atoms with Gasteiger partial charge in [0.2, 0.25) is 5.91 Å². The van der Waals surface area contributed by atoms with Gasteiger partial charge in [-0.1, -0.05) is 24.3 Å². The molecule has 2 aromatic rings. The molecule has 154 valence electrons. The zero-order valence-corrected chi connectivity index (χ0v) is 17.6. The van der Waals surface area contributed by atoms with Crippen LogP contribution >= 0.6 is 0 Å². The number of likely N-dealkylation sites (N-methyl/N-ethyl adjacent to an activating group) is 1. The zero-order valence-electron chi connectivity index (χ0n) is 17.6. The molecule has 0 aliphatic carbocycles. The number of piperazine rings is 1. The maximum Gasteiger partial charge on any atom is 0.246 e. The number of carbonyl (C=O) groups is 1. The van der Waals surface area contributed by atoms with Gasteiger partial charge in [0, 0.05) is 57.1 Å². The molecule has 0 saturated carbocycles. The third-order valence-electron chi connectivity index (χ3n) is 5.34. The van der Waals surface area contributed by atoms with Crippen LogP contribution in [0.1, 0.15) is 11.1 Å². The average molecular weight is 394 g/mol.